The van der Waals surface area contributed by atoms with Gasteiger partial charge in [0.25, 0.3) is 0 Å². The third-order valence-electron chi connectivity index (χ3n) is 11.2. The molecule has 0 rings (SSSR count). The van der Waals surface area contributed by atoms with Crippen LogP contribution in [0.15, 0.2) is 0 Å². The zero-order chi connectivity index (χ0) is 41.2. The monoisotopic (exact) mass is 793 g/mol. The summed E-state index contributed by atoms with van der Waals surface area (Å²) in [5, 5.41) is 0. The molecule has 0 saturated heterocycles. The molecule has 1 atom stereocenters. The van der Waals surface area contributed by atoms with Gasteiger partial charge in [0.2, 0.25) is 0 Å². The van der Waals surface area contributed by atoms with Crippen molar-refractivity contribution in [2.75, 3.05) is 13.2 Å². The van der Waals surface area contributed by atoms with Crippen molar-refractivity contribution >= 4 is 17.9 Å². The second-order valence-electron chi connectivity index (χ2n) is 18.1. The molecule has 6 nitrogen and oxygen atoms in total. The van der Waals surface area contributed by atoms with Crippen molar-refractivity contribution in [2.24, 2.45) is 11.8 Å². The van der Waals surface area contributed by atoms with Crippen LogP contribution < -0.4 is 0 Å². The Bertz CT molecular complexity index is 854. The van der Waals surface area contributed by atoms with Gasteiger partial charge in [0, 0.05) is 19.3 Å². The largest absolute Gasteiger partial charge is 0.462 e. The fourth-order valence-corrected chi connectivity index (χ4v) is 7.46. The summed E-state index contributed by atoms with van der Waals surface area (Å²) in [7, 11) is 0. The summed E-state index contributed by atoms with van der Waals surface area (Å²) in [6, 6.07) is 0. The van der Waals surface area contributed by atoms with Crippen LogP contribution in [-0.4, -0.2) is 37.2 Å². The van der Waals surface area contributed by atoms with Crippen molar-refractivity contribution in [3.63, 3.8) is 0 Å². The SMILES string of the molecule is CCCCCCCCCCCC(=O)OC[C@H](COC(=O)CCCCCCCCCCCCCCC(C)C)OC(=O)CCCCCCCCCCCCCC(C)C. The summed E-state index contributed by atoms with van der Waals surface area (Å²) in [4.78, 5) is 37.8. The number of esters is 3. The van der Waals surface area contributed by atoms with Crippen molar-refractivity contribution < 1.29 is 28.6 Å². The Morgan fingerprint density at radius 3 is 0.875 bits per heavy atom. The molecule has 0 spiro atoms. The zero-order valence-electron chi connectivity index (χ0n) is 38.3. The van der Waals surface area contributed by atoms with Gasteiger partial charge in [-0.05, 0) is 31.1 Å². The molecule has 0 amide bonds. The maximum atomic E-state index is 12.7. The van der Waals surface area contributed by atoms with Gasteiger partial charge in [-0.2, -0.15) is 0 Å². The van der Waals surface area contributed by atoms with Crippen molar-refractivity contribution in [3.05, 3.63) is 0 Å². The first-order valence-electron chi connectivity index (χ1n) is 24.7. The number of carbonyl (C=O) groups is 3. The van der Waals surface area contributed by atoms with Gasteiger partial charge in [-0.1, -0.05) is 234 Å². The first-order valence-corrected chi connectivity index (χ1v) is 24.7. The summed E-state index contributed by atoms with van der Waals surface area (Å²) >= 11 is 0. The van der Waals surface area contributed by atoms with Crippen LogP contribution >= 0.6 is 0 Å². The Morgan fingerprint density at radius 2 is 0.589 bits per heavy atom. The van der Waals surface area contributed by atoms with E-state index >= 15 is 0 Å². The minimum absolute atomic E-state index is 0.0641. The standard InChI is InChI=1S/C50H96O6/c1-6-7-8-9-10-18-25-30-35-40-48(51)54-43-47(56-50(53)42-37-32-27-22-17-13-15-20-24-29-34-39-46(4)5)44-55-49(52)41-36-31-26-21-16-12-11-14-19-23-28-33-38-45(2)3/h45-47H,6-44H2,1-5H3/t47-/m1/s1. The maximum Gasteiger partial charge on any atom is 0.306 e. The highest BCUT2D eigenvalue weighted by Crippen LogP contribution is 2.17. The van der Waals surface area contributed by atoms with E-state index in [-0.39, 0.29) is 31.1 Å². The average molecular weight is 793 g/mol. The summed E-state index contributed by atoms with van der Waals surface area (Å²) in [5.41, 5.74) is 0. The molecule has 0 aliphatic heterocycles. The molecule has 332 valence electrons. The van der Waals surface area contributed by atoms with E-state index in [1.807, 2.05) is 0 Å². The molecule has 0 aromatic heterocycles. The van der Waals surface area contributed by atoms with Crippen LogP contribution in [0.25, 0.3) is 0 Å². The quantitative estimate of drug-likeness (QED) is 0.0347. The smallest absolute Gasteiger partial charge is 0.306 e. The van der Waals surface area contributed by atoms with E-state index in [2.05, 4.69) is 34.6 Å². The predicted molar refractivity (Wildman–Crippen MR) is 238 cm³/mol. The molecule has 0 N–H and O–H groups in total. The summed E-state index contributed by atoms with van der Waals surface area (Å²) in [5.74, 6) is 0.805. The highest BCUT2D eigenvalue weighted by molar-refractivity contribution is 5.71. The lowest BCUT2D eigenvalue weighted by Gasteiger charge is -2.18. The number of hydrogen-bond acceptors (Lipinski definition) is 6. The zero-order valence-corrected chi connectivity index (χ0v) is 38.3. The van der Waals surface area contributed by atoms with E-state index in [1.54, 1.807) is 0 Å². The fraction of sp³-hybridized carbons (Fsp3) is 0.940. The summed E-state index contributed by atoms with van der Waals surface area (Å²) in [6.45, 7) is 11.3. The van der Waals surface area contributed by atoms with Gasteiger partial charge >= 0.3 is 17.9 Å². The van der Waals surface area contributed by atoms with Gasteiger partial charge in [-0.15, -0.1) is 0 Å². The van der Waals surface area contributed by atoms with Gasteiger partial charge in [-0.3, -0.25) is 14.4 Å². The Hall–Kier alpha value is -1.59. The molecule has 6 heteroatoms. The Morgan fingerprint density at radius 1 is 0.339 bits per heavy atom. The molecule has 0 fully saturated rings. The molecule has 0 radical (unpaired) electrons. The Labute approximate surface area is 348 Å². The van der Waals surface area contributed by atoms with Crippen molar-refractivity contribution in [1.29, 1.82) is 0 Å². The molecule has 0 aliphatic carbocycles. The Kier molecular flexibility index (Phi) is 41.8. The predicted octanol–water partition coefficient (Wildman–Crippen LogP) is 15.8. The number of ether oxygens (including phenoxy) is 3. The molecule has 0 aromatic rings. The molecule has 56 heavy (non-hydrogen) atoms. The molecule has 0 saturated carbocycles. The number of rotatable bonds is 44. The molecule has 0 unspecified atom stereocenters. The van der Waals surface area contributed by atoms with E-state index in [0.29, 0.717) is 19.3 Å². The van der Waals surface area contributed by atoms with E-state index in [9.17, 15) is 14.4 Å². The van der Waals surface area contributed by atoms with Crippen LogP contribution in [0.2, 0.25) is 0 Å². The molecular weight excluding hydrogens is 697 g/mol. The number of hydrogen-bond donors (Lipinski definition) is 0. The van der Waals surface area contributed by atoms with Crippen LogP contribution in [-0.2, 0) is 28.6 Å². The molecule has 0 bridgehead atoms. The topological polar surface area (TPSA) is 78.9 Å². The third kappa shape index (κ3) is 43.5. The second kappa shape index (κ2) is 43.0. The normalized spacial score (nSPS) is 12.1. The number of carbonyl (C=O) groups excluding carboxylic acids is 3. The third-order valence-corrected chi connectivity index (χ3v) is 11.2. The van der Waals surface area contributed by atoms with Crippen LogP contribution in [0.1, 0.15) is 272 Å². The molecule has 0 heterocycles. The summed E-state index contributed by atoms with van der Waals surface area (Å²) < 4.78 is 16.8. The lowest BCUT2D eigenvalue weighted by Crippen LogP contribution is -2.30. The van der Waals surface area contributed by atoms with Crippen molar-refractivity contribution in [3.8, 4) is 0 Å². The highest BCUT2D eigenvalue weighted by Gasteiger charge is 2.19. The minimum atomic E-state index is -0.760. The first kappa shape index (κ1) is 54.4. The summed E-state index contributed by atoms with van der Waals surface area (Å²) in [6.07, 6.45) is 42.3. The second-order valence-corrected chi connectivity index (χ2v) is 18.1. The van der Waals surface area contributed by atoms with Crippen LogP contribution in [0.4, 0.5) is 0 Å². The van der Waals surface area contributed by atoms with E-state index in [4.69, 9.17) is 14.2 Å². The van der Waals surface area contributed by atoms with Crippen molar-refractivity contribution in [1.82, 2.24) is 0 Å². The number of unbranched alkanes of at least 4 members (excludes halogenated alkanes) is 29. The van der Waals surface area contributed by atoms with Gasteiger partial charge in [-0.25, -0.2) is 0 Å². The lowest BCUT2D eigenvalue weighted by molar-refractivity contribution is -0.167. The molecule has 0 aromatic carbocycles. The van der Waals surface area contributed by atoms with E-state index in [1.165, 1.54) is 161 Å². The molecular formula is C50H96O6. The fourth-order valence-electron chi connectivity index (χ4n) is 7.46. The average Bonchev–Trinajstić information content (AvgIpc) is 3.16. The Balaban J connectivity index is 4.29. The van der Waals surface area contributed by atoms with Crippen LogP contribution in [0, 0.1) is 11.8 Å². The van der Waals surface area contributed by atoms with E-state index in [0.717, 1.165) is 69.6 Å². The van der Waals surface area contributed by atoms with Gasteiger partial charge in [0.1, 0.15) is 13.2 Å². The maximum absolute atomic E-state index is 12.7. The lowest BCUT2D eigenvalue weighted by atomic mass is 10.0. The van der Waals surface area contributed by atoms with E-state index < -0.39 is 6.10 Å². The van der Waals surface area contributed by atoms with Crippen LogP contribution in [0.5, 0.6) is 0 Å². The minimum Gasteiger partial charge on any atom is -0.462 e. The van der Waals surface area contributed by atoms with Gasteiger partial charge in [0.15, 0.2) is 6.10 Å². The van der Waals surface area contributed by atoms with Gasteiger partial charge in [0.05, 0.1) is 0 Å². The highest BCUT2D eigenvalue weighted by atomic mass is 16.6. The first-order chi connectivity index (χ1) is 27.2. The van der Waals surface area contributed by atoms with Crippen LogP contribution in [0.3, 0.4) is 0 Å². The van der Waals surface area contributed by atoms with Gasteiger partial charge < -0.3 is 14.2 Å². The molecule has 0 aliphatic rings. The van der Waals surface area contributed by atoms with Crippen molar-refractivity contribution in [2.45, 2.75) is 278 Å².